The van der Waals surface area contributed by atoms with E-state index in [1.54, 1.807) is 44.1 Å². The Hall–Kier alpha value is -5.04. The summed E-state index contributed by atoms with van der Waals surface area (Å²) in [6.45, 7) is 5.55. The minimum atomic E-state index is 0.810. The van der Waals surface area contributed by atoms with E-state index < -0.39 is 0 Å². The van der Waals surface area contributed by atoms with Crippen molar-refractivity contribution in [3.8, 4) is 0 Å². The van der Waals surface area contributed by atoms with E-state index in [1.807, 2.05) is 92.0 Å². The lowest BCUT2D eigenvalue weighted by atomic mass is 10.3. The second-order valence-corrected chi connectivity index (χ2v) is 7.44. The predicted molar refractivity (Wildman–Crippen MR) is 154 cm³/mol. The highest BCUT2D eigenvalue weighted by atomic mass is 15.1. The highest BCUT2D eigenvalue weighted by Crippen LogP contribution is 2.07. The number of aromatic nitrogens is 6. The molecular formula is C30H29N7. The topological polar surface area (TPSA) is 92.6 Å². The maximum Gasteiger partial charge on any atom is 0.159 e. The SMILES string of the molecule is C=C/C(C=NC)=C/C.c1ccc2[nH]ncc2c1.c1cnc2cccnc2c1.c1cnc2ncccc2c1. The average molecular weight is 488 g/mol. The van der Waals surface area contributed by atoms with Gasteiger partial charge >= 0.3 is 0 Å². The van der Waals surface area contributed by atoms with Crippen LogP contribution in [-0.2, 0) is 0 Å². The summed E-state index contributed by atoms with van der Waals surface area (Å²) in [6.07, 6.45) is 14.3. The summed E-state index contributed by atoms with van der Waals surface area (Å²) in [7, 11) is 1.74. The Morgan fingerprint density at radius 2 is 1.32 bits per heavy atom. The number of nitrogens with one attached hydrogen (secondary N) is 1. The van der Waals surface area contributed by atoms with Crippen LogP contribution in [0, 0.1) is 0 Å². The fraction of sp³-hybridized carbons (Fsp3) is 0.0667. The number of fused-ring (bicyclic) bond motifs is 3. The number of H-pyrrole nitrogens is 1. The lowest BCUT2D eigenvalue weighted by molar-refractivity contribution is 1.12. The molecule has 0 spiro atoms. The van der Waals surface area contributed by atoms with Crippen LogP contribution < -0.4 is 0 Å². The molecule has 184 valence electrons. The van der Waals surface area contributed by atoms with Gasteiger partial charge in [-0.05, 0) is 67.1 Å². The number of nitrogens with zero attached hydrogens (tertiary/aromatic N) is 6. The lowest BCUT2D eigenvalue weighted by Gasteiger charge is -1.90. The molecule has 1 aromatic carbocycles. The first-order valence-electron chi connectivity index (χ1n) is 11.7. The monoisotopic (exact) mass is 487 g/mol. The van der Waals surface area contributed by atoms with Crippen molar-refractivity contribution in [2.45, 2.75) is 6.92 Å². The van der Waals surface area contributed by atoms with Gasteiger partial charge in [0.25, 0.3) is 0 Å². The summed E-state index contributed by atoms with van der Waals surface area (Å²) in [5.41, 5.74) is 4.87. The van der Waals surface area contributed by atoms with Crippen LogP contribution in [0.4, 0.5) is 0 Å². The molecule has 0 saturated carbocycles. The van der Waals surface area contributed by atoms with Gasteiger partial charge in [-0.25, -0.2) is 9.97 Å². The minimum Gasteiger partial charge on any atom is -0.296 e. The molecule has 1 N–H and O–H groups in total. The van der Waals surface area contributed by atoms with E-state index in [0.717, 1.165) is 38.5 Å². The van der Waals surface area contributed by atoms with E-state index in [1.165, 1.54) is 0 Å². The quantitative estimate of drug-likeness (QED) is 0.218. The molecule has 0 aliphatic carbocycles. The number of hydrogen-bond donors (Lipinski definition) is 1. The van der Waals surface area contributed by atoms with Gasteiger partial charge in [0.1, 0.15) is 0 Å². The molecule has 37 heavy (non-hydrogen) atoms. The van der Waals surface area contributed by atoms with Gasteiger partial charge in [-0.1, -0.05) is 36.9 Å². The van der Waals surface area contributed by atoms with E-state index in [2.05, 4.69) is 41.7 Å². The predicted octanol–water partition coefficient (Wildman–Crippen LogP) is 6.64. The molecule has 6 rings (SSSR count). The molecule has 0 fully saturated rings. The van der Waals surface area contributed by atoms with E-state index in [4.69, 9.17) is 0 Å². The first-order chi connectivity index (χ1) is 18.2. The minimum absolute atomic E-state index is 0.810. The van der Waals surface area contributed by atoms with Crippen molar-refractivity contribution in [1.29, 1.82) is 0 Å². The summed E-state index contributed by atoms with van der Waals surface area (Å²) in [5, 5.41) is 9.00. The lowest BCUT2D eigenvalue weighted by Crippen LogP contribution is -1.78. The highest BCUT2D eigenvalue weighted by Gasteiger charge is 1.90. The Morgan fingerprint density at radius 3 is 1.84 bits per heavy atom. The van der Waals surface area contributed by atoms with Crippen molar-refractivity contribution in [3.05, 3.63) is 128 Å². The van der Waals surface area contributed by atoms with Crippen molar-refractivity contribution >= 4 is 39.2 Å². The summed E-state index contributed by atoms with van der Waals surface area (Å²) in [5.74, 6) is 0. The van der Waals surface area contributed by atoms with Gasteiger partial charge in [0.2, 0.25) is 0 Å². The van der Waals surface area contributed by atoms with E-state index in [9.17, 15) is 0 Å². The fourth-order valence-electron chi connectivity index (χ4n) is 3.09. The standard InChI is InChI=1S/2C8H6N2.C7H6N2.C7H11N/c1-3-7-8(9-5-1)4-2-6-10-7;1-3-7-4-2-6-10-8(7)9-5-1;1-2-4-7-6(3-1)5-8-9-7;1-4-7(5-2)6-8-3/h2*1-6H;1-5H,(H,8,9);4-6H,1H2,2-3H3/b;;;7-5-,8-6?. The second-order valence-electron chi connectivity index (χ2n) is 7.44. The Morgan fingerprint density at radius 1 is 0.757 bits per heavy atom. The van der Waals surface area contributed by atoms with E-state index in [-0.39, 0.29) is 0 Å². The van der Waals surface area contributed by atoms with Crippen molar-refractivity contribution in [2.24, 2.45) is 4.99 Å². The van der Waals surface area contributed by atoms with Crippen LogP contribution in [0.1, 0.15) is 6.92 Å². The molecule has 5 aromatic heterocycles. The molecule has 7 heteroatoms. The average Bonchev–Trinajstić information content (AvgIpc) is 3.46. The zero-order valence-electron chi connectivity index (χ0n) is 20.9. The van der Waals surface area contributed by atoms with Crippen molar-refractivity contribution < 1.29 is 0 Å². The summed E-state index contributed by atoms with van der Waals surface area (Å²) in [4.78, 5) is 20.2. The molecular weight excluding hydrogens is 458 g/mol. The number of aliphatic imine (C=N–C) groups is 1. The van der Waals surface area contributed by atoms with Gasteiger partial charge in [0, 0.05) is 48.8 Å². The van der Waals surface area contributed by atoms with Crippen molar-refractivity contribution in [1.82, 2.24) is 30.1 Å². The largest absolute Gasteiger partial charge is 0.296 e. The number of allylic oxidation sites excluding steroid dienone is 3. The summed E-state index contributed by atoms with van der Waals surface area (Å²) in [6, 6.07) is 23.5. The molecule has 6 aromatic rings. The molecule has 0 bridgehead atoms. The molecule has 0 unspecified atom stereocenters. The Labute approximate surface area is 216 Å². The van der Waals surface area contributed by atoms with Gasteiger partial charge < -0.3 is 0 Å². The van der Waals surface area contributed by atoms with Crippen molar-refractivity contribution in [2.75, 3.05) is 7.05 Å². The normalized spacial score (nSPS) is 10.6. The van der Waals surface area contributed by atoms with Gasteiger partial charge in [0.05, 0.1) is 22.7 Å². The zero-order chi connectivity index (χ0) is 26.1. The van der Waals surface area contributed by atoms with Crippen LogP contribution >= 0.6 is 0 Å². The molecule has 5 heterocycles. The molecule has 0 aliphatic rings. The van der Waals surface area contributed by atoms with Gasteiger partial charge in [-0.3, -0.25) is 20.1 Å². The smallest absolute Gasteiger partial charge is 0.159 e. The number of rotatable bonds is 2. The number of hydrogen-bond acceptors (Lipinski definition) is 6. The summed E-state index contributed by atoms with van der Waals surface area (Å²) >= 11 is 0. The molecule has 0 saturated heterocycles. The third-order valence-electron chi connectivity index (χ3n) is 4.94. The molecule has 0 amide bonds. The van der Waals surface area contributed by atoms with E-state index in [0.29, 0.717) is 0 Å². The number of aromatic amines is 1. The van der Waals surface area contributed by atoms with Crippen LogP contribution in [0.5, 0.6) is 0 Å². The first-order valence-corrected chi connectivity index (χ1v) is 11.7. The first kappa shape index (κ1) is 26.6. The highest BCUT2D eigenvalue weighted by molar-refractivity contribution is 5.81. The molecule has 0 atom stereocenters. The molecule has 7 nitrogen and oxygen atoms in total. The second kappa shape index (κ2) is 15.1. The third kappa shape index (κ3) is 8.60. The number of para-hydroxylation sites is 1. The number of benzene rings is 1. The molecule has 0 radical (unpaired) electrons. The fourth-order valence-corrected chi connectivity index (χ4v) is 3.09. The van der Waals surface area contributed by atoms with Gasteiger partial charge in [-0.15, -0.1) is 0 Å². The van der Waals surface area contributed by atoms with Crippen LogP contribution in [-0.4, -0.2) is 43.4 Å². The van der Waals surface area contributed by atoms with Crippen LogP contribution in [0.3, 0.4) is 0 Å². The third-order valence-corrected chi connectivity index (χ3v) is 4.94. The van der Waals surface area contributed by atoms with Crippen LogP contribution in [0.25, 0.3) is 33.0 Å². The Bertz CT molecular complexity index is 1350. The summed E-state index contributed by atoms with van der Waals surface area (Å²) < 4.78 is 0. The van der Waals surface area contributed by atoms with Gasteiger partial charge in [-0.2, -0.15) is 5.10 Å². The van der Waals surface area contributed by atoms with Crippen LogP contribution in [0.15, 0.2) is 133 Å². The van der Waals surface area contributed by atoms with Crippen molar-refractivity contribution in [3.63, 3.8) is 0 Å². The van der Waals surface area contributed by atoms with Crippen LogP contribution in [0.2, 0.25) is 0 Å². The number of pyridine rings is 4. The maximum absolute atomic E-state index is 4.12. The maximum atomic E-state index is 4.12. The zero-order valence-corrected chi connectivity index (χ0v) is 20.9. The Balaban J connectivity index is 0.000000138. The van der Waals surface area contributed by atoms with E-state index >= 15 is 0 Å². The molecule has 0 aliphatic heterocycles. The van der Waals surface area contributed by atoms with Gasteiger partial charge in [0.15, 0.2) is 5.65 Å². The Kier molecular flexibility index (Phi) is 10.8.